The molecular weight excluding hydrogens is 777 g/mol. The molecule has 15 nitrogen and oxygen atoms in total. The van der Waals surface area contributed by atoms with Gasteiger partial charge in [-0.05, 0) is 90.5 Å². The number of H-pyrrole nitrogens is 2. The van der Waals surface area contributed by atoms with E-state index in [9.17, 15) is 19.2 Å². The van der Waals surface area contributed by atoms with E-state index < -0.39 is 24.3 Å². The van der Waals surface area contributed by atoms with E-state index in [-0.39, 0.29) is 29.8 Å². The van der Waals surface area contributed by atoms with Gasteiger partial charge in [0.25, 0.3) is 5.91 Å². The standard InChI is InChI=1S/C46H50N8O7/c1-25(2)38(51-45(57)59-3)43(55)54-19-9-13-36(54)42-48-33-17-15-27-21-32-30-16-14-28(20-29(30)24-61-37(32)22-31(27)40(33)50-42)34-23-47-41(49-34)35-12-8-18-53(35)44(56)39(52-46(58)60-4)26-10-6-5-7-11-26/h5-7,10-11,14,16,20-23,25,35-36,38-39H,8-9,12-13,15,17-19,24H2,1-4H3,(H,47,49)(H,48,50)(H,51,57)(H,52,58)/t35-,36-,38?,39+/m0/s1. The van der Waals surface area contributed by atoms with Crippen molar-refractivity contribution in [3.8, 4) is 39.4 Å². The molecule has 4 amide bonds. The minimum Gasteiger partial charge on any atom is -0.488 e. The Morgan fingerprint density at radius 3 is 2.25 bits per heavy atom. The van der Waals surface area contributed by atoms with E-state index in [1.165, 1.54) is 19.8 Å². The lowest BCUT2D eigenvalue weighted by molar-refractivity contribution is -0.135. The number of hydrogen-bond donors (Lipinski definition) is 4. The van der Waals surface area contributed by atoms with Crippen molar-refractivity contribution in [2.24, 2.45) is 5.92 Å². The SMILES string of the molecule is COC(=O)NC(C(=O)N1CCC[C@H]1c1nc2c([nH]1)CCc1cc3c(cc1-2)OCc1cc(-c2cnc([C@@H]4CCCN4C(=O)[C@H](NC(=O)OC)c4ccccc4)[nH]2)ccc1-3)C(C)C. The van der Waals surface area contributed by atoms with Crippen molar-refractivity contribution in [1.82, 2.24) is 40.4 Å². The van der Waals surface area contributed by atoms with E-state index in [1.807, 2.05) is 55.3 Å². The van der Waals surface area contributed by atoms with Crippen molar-refractivity contribution in [3.05, 3.63) is 101 Å². The van der Waals surface area contributed by atoms with Crippen LogP contribution < -0.4 is 15.4 Å². The Labute approximate surface area is 353 Å². The number of carbonyl (C=O) groups is 4. The number of methoxy groups -OCH3 is 2. The Bertz CT molecular complexity index is 2500. The average molecular weight is 827 g/mol. The lowest BCUT2D eigenvalue weighted by Gasteiger charge is -2.30. The van der Waals surface area contributed by atoms with E-state index in [0.29, 0.717) is 31.1 Å². The number of carbonyl (C=O) groups excluding carboxylic acids is 4. The van der Waals surface area contributed by atoms with Gasteiger partial charge >= 0.3 is 12.2 Å². The fourth-order valence-electron chi connectivity index (χ4n) is 9.37. The van der Waals surface area contributed by atoms with Gasteiger partial charge in [0.1, 0.15) is 36.1 Å². The van der Waals surface area contributed by atoms with Gasteiger partial charge in [-0.2, -0.15) is 0 Å². The van der Waals surface area contributed by atoms with Crippen molar-refractivity contribution in [1.29, 1.82) is 0 Å². The summed E-state index contributed by atoms with van der Waals surface area (Å²) in [6, 6.07) is 17.8. The van der Waals surface area contributed by atoms with Gasteiger partial charge in [0, 0.05) is 29.9 Å². The number of ether oxygens (including phenoxy) is 3. The van der Waals surface area contributed by atoms with Crippen LogP contribution in [0.5, 0.6) is 5.75 Å². The molecule has 1 aliphatic carbocycles. The molecule has 316 valence electrons. The molecule has 0 saturated carbocycles. The van der Waals surface area contributed by atoms with E-state index in [1.54, 1.807) is 4.90 Å². The van der Waals surface area contributed by atoms with Crippen LogP contribution in [-0.4, -0.2) is 87.1 Å². The molecule has 0 spiro atoms. The van der Waals surface area contributed by atoms with Gasteiger partial charge in [-0.1, -0.05) is 56.3 Å². The number of nitrogens with zero attached hydrogens (tertiary/aromatic N) is 4. The van der Waals surface area contributed by atoms with E-state index in [4.69, 9.17) is 24.2 Å². The summed E-state index contributed by atoms with van der Waals surface area (Å²) in [7, 11) is 2.58. The second-order valence-corrected chi connectivity index (χ2v) is 16.5. The normalized spacial score (nSPS) is 18.6. The molecular formula is C46H50N8O7. The summed E-state index contributed by atoms with van der Waals surface area (Å²) >= 11 is 0. The number of amides is 4. The molecule has 0 radical (unpaired) electrons. The molecule has 2 saturated heterocycles. The summed E-state index contributed by atoms with van der Waals surface area (Å²) in [6.07, 6.45) is 5.32. The number of fused-ring (bicyclic) bond motifs is 6. The summed E-state index contributed by atoms with van der Waals surface area (Å²) in [5.41, 5.74) is 9.85. The van der Waals surface area contributed by atoms with Crippen LogP contribution in [0.2, 0.25) is 0 Å². The minimum absolute atomic E-state index is 0.114. The smallest absolute Gasteiger partial charge is 0.407 e. The van der Waals surface area contributed by atoms with Gasteiger partial charge in [0.05, 0.1) is 43.9 Å². The summed E-state index contributed by atoms with van der Waals surface area (Å²) in [5.74, 6) is 1.80. The van der Waals surface area contributed by atoms with Crippen molar-refractivity contribution < 1.29 is 33.4 Å². The van der Waals surface area contributed by atoms with Crippen LogP contribution in [0.3, 0.4) is 0 Å². The van der Waals surface area contributed by atoms with E-state index >= 15 is 0 Å². The van der Waals surface area contributed by atoms with Crippen LogP contribution in [-0.2, 0) is 38.5 Å². The Morgan fingerprint density at radius 2 is 1.51 bits per heavy atom. The zero-order valence-corrected chi connectivity index (χ0v) is 34.7. The number of aryl methyl sites for hydroxylation is 2. The van der Waals surface area contributed by atoms with Crippen LogP contribution in [0.1, 0.15) is 91.7 Å². The minimum atomic E-state index is -0.890. The second kappa shape index (κ2) is 16.4. The number of nitrogens with one attached hydrogen (secondary N) is 4. The predicted octanol–water partition coefficient (Wildman–Crippen LogP) is 6.93. The number of alkyl carbamates (subject to hydrolysis) is 2. The van der Waals surface area contributed by atoms with Crippen LogP contribution in [0.25, 0.3) is 33.6 Å². The highest BCUT2D eigenvalue weighted by molar-refractivity contribution is 5.88. The summed E-state index contributed by atoms with van der Waals surface area (Å²) in [4.78, 5) is 72.8. The number of rotatable bonds is 9. The second-order valence-electron chi connectivity index (χ2n) is 16.5. The van der Waals surface area contributed by atoms with Crippen molar-refractivity contribution in [3.63, 3.8) is 0 Å². The van der Waals surface area contributed by atoms with Crippen molar-refractivity contribution in [2.75, 3.05) is 27.3 Å². The molecule has 61 heavy (non-hydrogen) atoms. The molecule has 5 aromatic rings. The van der Waals surface area contributed by atoms with Gasteiger partial charge in [0.2, 0.25) is 5.91 Å². The third-order valence-corrected chi connectivity index (χ3v) is 12.5. The summed E-state index contributed by atoms with van der Waals surface area (Å²) in [5, 5.41) is 5.45. The molecule has 2 aromatic heterocycles. The number of likely N-dealkylation sites (tertiary alicyclic amines) is 2. The van der Waals surface area contributed by atoms with Crippen LogP contribution in [0.4, 0.5) is 9.59 Å². The zero-order valence-electron chi connectivity index (χ0n) is 34.7. The first-order chi connectivity index (χ1) is 29.6. The first kappa shape index (κ1) is 39.8. The first-order valence-electron chi connectivity index (χ1n) is 21.0. The molecule has 1 unspecified atom stereocenters. The highest BCUT2D eigenvalue weighted by Gasteiger charge is 2.40. The Morgan fingerprint density at radius 1 is 0.787 bits per heavy atom. The molecule has 4 aliphatic rings. The van der Waals surface area contributed by atoms with Crippen LogP contribution in [0.15, 0.2) is 66.9 Å². The number of aromatic nitrogens is 4. The summed E-state index contributed by atoms with van der Waals surface area (Å²) < 4.78 is 16.1. The Kier molecular flexibility index (Phi) is 10.7. The third kappa shape index (κ3) is 7.46. The van der Waals surface area contributed by atoms with Crippen LogP contribution in [0, 0.1) is 5.92 Å². The highest BCUT2D eigenvalue weighted by Crippen LogP contribution is 2.46. The average Bonchev–Trinajstić information content (AvgIpc) is 4.13. The van der Waals surface area contributed by atoms with Crippen LogP contribution >= 0.6 is 0 Å². The van der Waals surface area contributed by atoms with Gasteiger partial charge < -0.3 is 44.6 Å². The Balaban J connectivity index is 0.934. The lowest BCUT2D eigenvalue weighted by atomic mass is 9.86. The maximum Gasteiger partial charge on any atom is 0.407 e. The molecule has 3 aliphatic heterocycles. The van der Waals surface area contributed by atoms with Gasteiger partial charge in [-0.3, -0.25) is 9.59 Å². The summed E-state index contributed by atoms with van der Waals surface area (Å²) in [6.45, 7) is 5.35. The quantitative estimate of drug-likeness (QED) is 0.122. The molecule has 3 aromatic carbocycles. The lowest BCUT2D eigenvalue weighted by Crippen LogP contribution is -2.51. The molecule has 4 N–H and O–H groups in total. The van der Waals surface area contributed by atoms with E-state index in [0.717, 1.165) is 95.0 Å². The molecule has 9 rings (SSSR count). The topological polar surface area (TPSA) is 184 Å². The third-order valence-electron chi connectivity index (χ3n) is 12.5. The Hall–Kier alpha value is -6.64. The fourth-order valence-corrected chi connectivity index (χ4v) is 9.37. The molecule has 15 heteroatoms. The zero-order chi connectivity index (χ0) is 42.4. The number of aromatic amines is 2. The number of benzene rings is 3. The fraction of sp³-hybridized carbons (Fsp3) is 0.391. The van der Waals surface area contributed by atoms with Gasteiger partial charge in [-0.25, -0.2) is 19.6 Å². The maximum absolute atomic E-state index is 14.0. The van der Waals surface area contributed by atoms with Gasteiger partial charge in [-0.15, -0.1) is 0 Å². The maximum atomic E-state index is 14.0. The van der Waals surface area contributed by atoms with E-state index in [2.05, 4.69) is 50.9 Å². The highest BCUT2D eigenvalue weighted by atomic mass is 16.5. The van der Waals surface area contributed by atoms with Crippen molar-refractivity contribution >= 4 is 24.0 Å². The molecule has 2 fully saturated rings. The molecule has 4 atom stereocenters. The first-order valence-corrected chi connectivity index (χ1v) is 21.0. The number of imidazole rings is 2. The van der Waals surface area contributed by atoms with Gasteiger partial charge in [0.15, 0.2) is 0 Å². The number of hydrogen-bond acceptors (Lipinski definition) is 9. The molecule has 0 bridgehead atoms. The molecule has 5 heterocycles. The predicted molar refractivity (Wildman–Crippen MR) is 225 cm³/mol. The van der Waals surface area contributed by atoms with Crippen molar-refractivity contribution in [2.45, 2.75) is 83.1 Å². The monoisotopic (exact) mass is 826 g/mol. The largest absolute Gasteiger partial charge is 0.488 e.